The van der Waals surface area contributed by atoms with Gasteiger partial charge in [-0.05, 0) is 94.5 Å². The zero-order chi connectivity index (χ0) is 27.4. The van der Waals surface area contributed by atoms with Crippen LogP contribution in [0.25, 0.3) is 64.6 Å². The van der Waals surface area contributed by atoms with E-state index in [0.717, 1.165) is 61.5 Å². The molecule has 0 aliphatic rings. The highest BCUT2D eigenvalue weighted by atomic mass is 17.2. The average molecular weight is 529 g/mol. The summed E-state index contributed by atoms with van der Waals surface area (Å²) in [4.78, 5) is 38.6. The molecule has 0 radical (unpaired) electrons. The van der Waals surface area contributed by atoms with Crippen molar-refractivity contribution in [2.75, 3.05) is 19.7 Å². The van der Waals surface area contributed by atoms with Gasteiger partial charge in [-0.2, -0.15) is 4.89 Å². The summed E-state index contributed by atoms with van der Waals surface area (Å²) < 4.78 is 0. The van der Waals surface area contributed by atoms with E-state index < -0.39 is 0 Å². The third kappa shape index (κ3) is 3.61. The van der Waals surface area contributed by atoms with Crippen LogP contribution in [0, 0.1) is 0 Å². The van der Waals surface area contributed by atoms with Crippen molar-refractivity contribution in [1.29, 1.82) is 0 Å². The van der Waals surface area contributed by atoms with Gasteiger partial charge in [0.25, 0.3) is 0 Å². The van der Waals surface area contributed by atoms with Crippen molar-refractivity contribution in [2.45, 2.75) is 19.3 Å². The lowest BCUT2D eigenvalue weighted by Crippen LogP contribution is -2.08. The predicted molar refractivity (Wildman–Crippen MR) is 164 cm³/mol. The van der Waals surface area contributed by atoms with Crippen molar-refractivity contribution < 1.29 is 9.78 Å². The quantitative estimate of drug-likeness (QED) is 0.0855. The fourth-order valence-electron chi connectivity index (χ4n) is 6.25. The Hall–Kier alpha value is -4.36. The standard InChI is InChI=1S/C34H28N2O4/c35-14-3-5-19-10-12-21-27(17-19)33(37)25-8-1-7-24-30-22-13-11-20(40-39-16-4-15-36)18-28(22)34(38)26-9-2-6-23(32(26)30)29(21)31(24)25/h1-2,6-13,17-18H,3-5,14-16,35-36H2. The highest BCUT2D eigenvalue weighted by Gasteiger charge is 2.21. The maximum absolute atomic E-state index is 13.9. The van der Waals surface area contributed by atoms with Crippen LogP contribution in [0.2, 0.25) is 0 Å². The Morgan fingerprint density at radius 2 is 1.10 bits per heavy atom. The second-order valence-corrected chi connectivity index (χ2v) is 10.4. The second-order valence-electron chi connectivity index (χ2n) is 10.4. The van der Waals surface area contributed by atoms with Gasteiger partial charge in [-0.15, -0.1) is 0 Å². The molecule has 0 aliphatic carbocycles. The van der Waals surface area contributed by atoms with E-state index in [2.05, 4.69) is 24.3 Å². The fraction of sp³-hybridized carbons (Fsp3) is 0.176. The summed E-state index contributed by atoms with van der Waals surface area (Å²) in [5.41, 5.74) is 12.3. The molecule has 0 heterocycles. The maximum Gasteiger partial charge on any atom is 0.194 e. The molecule has 0 unspecified atom stereocenters. The predicted octanol–water partition coefficient (Wildman–Crippen LogP) is 5.75. The summed E-state index contributed by atoms with van der Waals surface area (Å²) in [5, 5.41) is 10.1. The van der Waals surface area contributed by atoms with E-state index in [-0.39, 0.29) is 10.9 Å². The lowest BCUT2D eigenvalue weighted by molar-refractivity contribution is -0.206. The molecule has 7 rings (SSSR count). The van der Waals surface area contributed by atoms with E-state index in [1.165, 1.54) is 0 Å². The number of fused-ring (bicyclic) bond motifs is 6. The maximum atomic E-state index is 13.9. The lowest BCUT2D eigenvalue weighted by Gasteiger charge is -2.18. The number of hydrogen-bond acceptors (Lipinski definition) is 6. The van der Waals surface area contributed by atoms with Gasteiger partial charge in [-0.25, -0.2) is 0 Å². The van der Waals surface area contributed by atoms with Crippen molar-refractivity contribution in [3.63, 3.8) is 0 Å². The third-order valence-corrected chi connectivity index (χ3v) is 8.02. The van der Waals surface area contributed by atoms with Crippen molar-refractivity contribution in [2.24, 2.45) is 11.5 Å². The van der Waals surface area contributed by atoms with Crippen LogP contribution in [0.1, 0.15) is 18.4 Å². The first-order valence-electron chi connectivity index (χ1n) is 13.7. The molecule has 0 aromatic heterocycles. The first-order chi connectivity index (χ1) is 19.6. The van der Waals surface area contributed by atoms with Gasteiger partial charge in [0.2, 0.25) is 0 Å². The van der Waals surface area contributed by atoms with Crippen LogP contribution in [0.15, 0.2) is 82.4 Å². The fourth-order valence-corrected chi connectivity index (χ4v) is 6.25. The average Bonchev–Trinajstić information content (AvgIpc) is 2.99. The van der Waals surface area contributed by atoms with Crippen LogP contribution in [0.3, 0.4) is 0 Å². The zero-order valence-corrected chi connectivity index (χ0v) is 22.0. The monoisotopic (exact) mass is 528 g/mol. The highest BCUT2D eigenvalue weighted by molar-refractivity contribution is 6.41. The topological polar surface area (TPSA) is 105 Å². The molecule has 0 bridgehead atoms. The Morgan fingerprint density at radius 1 is 0.550 bits per heavy atom. The van der Waals surface area contributed by atoms with Crippen LogP contribution >= 0.6 is 0 Å². The summed E-state index contributed by atoms with van der Waals surface area (Å²) in [5.74, 6) is 0.456. The Bertz CT molecular complexity index is 2190. The number of benzene rings is 7. The largest absolute Gasteiger partial charge is 0.338 e. The molecular formula is C34H28N2O4. The van der Waals surface area contributed by atoms with Gasteiger partial charge in [-0.3, -0.25) is 9.59 Å². The zero-order valence-electron chi connectivity index (χ0n) is 22.0. The Labute approximate surface area is 229 Å². The normalized spacial score (nSPS) is 12.2. The van der Waals surface area contributed by atoms with E-state index in [9.17, 15) is 9.59 Å². The van der Waals surface area contributed by atoms with Gasteiger partial charge in [0.15, 0.2) is 16.6 Å². The minimum Gasteiger partial charge on any atom is -0.338 e. The van der Waals surface area contributed by atoms with Crippen LogP contribution in [0.5, 0.6) is 5.75 Å². The van der Waals surface area contributed by atoms with E-state index in [0.29, 0.717) is 53.4 Å². The smallest absolute Gasteiger partial charge is 0.194 e. The van der Waals surface area contributed by atoms with Crippen molar-refractivity contribution in [1.82, 2.24) is 0 Å². The molecule has 6 nitrogen and oxygen atoms in total. The summed E-state index contributed by atoms with van der Waals surface area (Å²) in [6, 6.07) is 23.4. The van der Waals surface area contributed by atoms with Gasteiger partial charge in [0, 0.05) is 32.3 Å². The minimum atomic E-state index is -0.0625. The van der Waals surface area contributed by atoms with Crippen molar-refractivity contribution in [3.8, 4) is 5.75 Å². The molecule has 0 spiro atoms. The number of nitrogens with two attached hydrogens (primary N) is 2. The number of aryl methyl sites for hydroxylation is 1. The molecule has 4 N–H and O–H groups in total. The number of hydrogen-bond donors (Lipinski definition) is 2. The summed E-state index contributed by atoms with van der Waals surface area (Å²) in [7, 11) is 0. The first-order valence-corrected chi connectivity index (χ1v) is 13.7. The van der Waals surface area contributed by atoms with Gasteiger partial charge in [-0.1, -0.05) is 48.5 Å². The highest BCUT2D eigenvalue weighted by Crippen LogP contribution is 2.44. The number of rotatable bonds is 8. The van der Waals surface area contributed by atoms with Gasteiger partial charge >= 0.3 is 0 Å². The summed E-state index contributed by atoms with van der Waals surface area (Å²) in [6.07, 6.45) is 2.36. The van der Waals surface area contributed by atoms with E-state index in [1.807, 2.05) is 42.5 Å². The lowest BCUT2D eigenvalue weighted by atomic mass is 9.84. The molecule has 198 valence electrons. The molecule has 0 fully saturated rings. The Kier molecular flexibility index (Phi) is 5.97. The van der Waals surface area contributed by atoms with E-state index in [4.69, 9.17) is 21.2 Å². The van der Waals surface area contributed by atoms with Crippen molar-refractivity contribution in [3.05, 3.63) is 98.8 Å². The summed E-state index contributed by atoms with van der Waals surface area (Å²) in [6.45, 7) is 1.48. The van der Waals surface area contributed by atoms with Crippen LogP contribution in [-0.4, -0.2) is 19.7 Å². The van der Waals surface area contributed by atoms with Crippen LogP contribution in [0.4, 0.5) is 0 Å². The minimum absolute atomic E-state index is 0.0240. The van der Waals surface area contributed by atoms with Gasteiger partial charge in [0.1, 0.15) is 0 Å². The van der Waals surface area contributed by atoms with E-state index >= 15 is 0 Å². The van der Waals surface area contributed by atoms with Crippen LogP contribution < -0.4 is 27.2 Å². The van der Waals surface area contributed by atoms with Crippen LogP contribution in [-0.2, 0) is 11.3 Å². The first kappa shape index (κ1) is 24.7. The summed E-state index contributed by atoms with van der Waals surface area (Å²) >= 11 is 0. The van der Waals surface area contributed by atoms with Gasteiger partial charge in [0.05, 0.1) is 6.61 Å². The molecule has 7 aromatic carbocycles. The molecule has 7 aromatic rings. The molecule has 0 aliphatic heterocycles. The Morgan fingerprint density at radius 3 is 1.73 bits per heavy atom. The van der Waals surface area contributed by atoms with Crippen molar-refractivity contribution >= 4 is 64.6 Å². The van der Waals surface area contributed by atoms with E-state index in [1.54, 1.807) is 6.07 Å². The molecule has 40 heavy (non-hydrogen) atoms. The Balaban J connectivity index is 1.61. The third-order valence-electron chi connectivity index (χ3n) is 8.02. The van der Waals surface area contributed by atoms with Gasteiger partial charge < -0.3 is 16.4 Å². The SMILES string of the molecule is NCCCOOc1ccc2c(c1)c(=O)c1cccc3c1c2c1cccc2c(=O)c4cc(CCCN)ccc4c3c21. The molecule has 6 heteroatoms. The molecule has 0 atom stereocenters. The molecular weight excluding hydrogens is 500 g/mol. The molecule has 0 saturated carbocycles. The molecule has 0 amide bonds. The molecule has 0 saturated heterocycles. The second kappa shape index (κ2) is 9.68.